The number of anilines is 2. The summed E-state index contributed by atoms with van der Waals surface area (Å²) in [5.41, 5.74) is 2.90. The molecule has 2 aromatic heterocycles. The first kappa shape index (κ1) is 18.0. The second kappa shape index (κ2) is 8.52. The average Bonchev–Trinajstić information content (AvgIpc) is 2.79. The predicted molar refractivity (Wildman–Crippen MR) is 111 cm³/mol. The number of rotatable bonds is 5. The number of carbonyl (C=O) groups excluding carboxylic acids is 1. The molecule has 6 heteroatoms. The molecule has 1 amide bonds. The van der Waals surface area contributed by atoms with Gasteiger partial charge in [-0.15, -0.1) is 0 Å². The molecule has 0 unspecified atom stereocenters. The van der Waals surface area contributed by atoms with Gasteiger partial charge in [-0.25, -0.2) is 4.98 Å². The lowest BCUT2D eigenvalue weighted by molar-refractivity contribution is 0.0951. The summed E-state index contributed by atoms with van der Waals surface area (Å²) in [6.07, 6.45) is 5.16. The standard InChI is InChI=1S/C22H23N5O/c28-22(25-17-18-6-9-23-10-7-18)19-8-11-24-21(16-19)27-14-12-26(13-15-27)20-4-2-1-3-5-20/h1-11,16H,12-15,17H2,(H,25,28). The van der Waals surface area contributed by atoms with Crippen molar-refractivity contribution in [2.24, 2.45) is 0 Å². The molecule has 0 radical (unpaired) electrons. The molecule has 3 heterocycles. The third-order valence-corrected chi connectivity index (χ3v) is 4.94. The minimum absolute atomic E-state index is 0.0941. The van der Waals surface area contributed by atoms with E-state index in [-0.39, 0.29) is 5.91 Å². The molecule has 1 saturated heterocycles. The van der Waals surface area contributed by atoms with Crippen molar-refractivity contribution in [3.63, 3.8) is 0 Å². The molecule has 0 bridgehead atoms. The molecule has 0 saturated carbocycles. The first-order chi connectivity index (χ1) is 13.8. The molecule has 1 fully saturated rings. The quantitative estimate of drug-likeness (QED) is 0.745. The van der Waals surface area contributed by atoms with E-state index in [1.807, 2.05) is 24.3 Å². The fourth-order valence-electron chi connectivity index (χ4n) is 3.35. The number of carbonyl (C=O) groups is 1. The van der Waals surface area contributed by atoms with Crippen LogP contribution in [0.25, 0.3) is 0 Å². The van der Waals surface area contributed by atoms with E-state index in [0.29, 0.717) is 12.1 Å². The largest absolute Gasteiger partial charge is 0.368 e. The van der Waals surface area contributed by atoms with E-state index in [9.17, 15) is 4.79 Å². The van der Waals surface area contributed by atoms with Gasteiger partial charge in [-0.05, 0) is 42.0 Å². The van der Waals surface area contributed by atoms with Gasteiger partial charge in [0.25, 0.3) is 5.91 Å². The van der Waals surface area contributed by atoms with Crippen molar-refractivity contribution in [3.05, 3.63) is 84.3 Å². The van der Waals surface area contributed by atoms with Crippen molar-refractivity contribution >= 4 is 17.4 Å². The van der Waals surface area contributed by atoms with Crippen LogP contribution in [0, 0.1) is 0 Å². The average molecular weight is 373 g/mol. The highest BCUT2D eigenvalue weighted by molar-refractivity contribution is 5.94. The maximum absolute atomic E-state index is 12.5. The molecule has 3 aromatic rings. The highest BCUT2D eigenvalue weighted by atomic mass is 16.1. The summed E-state index contributed by atoms with van der Waals surface area (Å²) in [4.78, 5) is 25.6. The Kier molecular flexibility index (Phi) is 5.47. The molecule has 0 spiro atoms. The van der Waals surface area contributed by atoms with Crippen LogP contribution in [0.3, 0.4) is 0 Å². The smallest absolute Gasteiger partial charge is 0.251 e. The Labute approximate surface area is 164 Å². The molecule has 142 valence electrons. The summed E-state index contributed by atoms with van der Waals surface area (Å²) < 4.78 is 0. The van der Waals surface area contributed by atoms with Crippen LogP contribution in [0.5, 0.6) is 0 Å². The van der Waals surface area contributed by atoms with E-state index >= 15 is 0 Å². The van der Waals surface area contributed by atoms with Crippen LogP contribution >= 0.6 is 0 Å². The van der Waals surface area contributed by atoms with Crippen LogP contribution in [-0.2, 0) is 6.54 Å². The van der Waals surface area contributed by atoms with E-state index < -0.39 is 0 Å². The van der Waals surface area contributed by atoms with Crippen LogP contribution in [-0.4, -0.2) is 42.1 Å². The van der Waals surface area contributed by atoms with Gasteiger partial charge in [0.1, 0.15) is 5.82 Å². The zero-order valence-electron chi connectivity index (χ0n) is 15.7. The van der Waals surface area contributed by atoms with Gasteiger partial charge in [-0.2, -0.15) is 0 Å². The van der Waals surface area contributed by atoms with Gasteiger partial charge in [0, 0.05) is 62.6 Å². The third-order valence-electron chi connectivity index (χ3n) is 4.94. The molecular weight excluding hydrogens is 350 g/mol. The van der Waals surface area contributed by atoms with Gasteiger partial charge in [0.05, 0.1) is 0 Å². The molecule has 0 aliphatic carbocycles. The molecule has 4 rings (SSSR count). The van der Waals surface area contributed by atoms with Crippen LogP contribution in [0.2, 0.25) is 0 Å². The predicted octanol–water partition coefficient (Wildman–Crippen LogP) is 2.73. The Bertz CT molecular complexity index is 908. The Morgan fingerprint density at radius 1 is 0.893 bits per heavy atom. The third kappa shape index (κ3) is 4.28. The van der Waals surface area contributed by atoms with E-state index in [1.54, 1.807) is 24.7 Å². The van der Waals surface area contributed by atoms with Crippen LogP contribution in [0.1, 0.15) is 15.9 Å². The number of benzene rings is 1. The van der Waals surface area contributed by atoms with Crippen LogP contribution < -0.4 is 15.1 Å². The first-order valence-corrected chi connectivity index (χ1v) is 9.48. The molecular formula is C22H23N5O. The van der Waals surface area contributed by atoms with Gasteiger partial charge < -0.3 is 15.1 Å². The van der Waals surface area contributed by atoms with E-state index in [0.717, 1.165) is 37.6 Å². The first-order valence-electron chi connectivity index (χ1n) is 9.48. The van der Waals surface area contributed by atoms with Crippen molar-refractivity contribution in [1.82, 2.24) is 15.3 Å². The molecule has 1 aliphatic rings. The zero-order valence-corrected chi connectivity index (χ0v) is 15.7. The summed E-state index contributed by atoms with van der Waals surface area (Å²) in [6, 6.07) is 17.9. The maximum Gasteiger partial charge on any atom is 0.251 e. The normalized spacial score (nSPS) is 14.0. The Morgan fingerprint density at radius 3 is 2.36 bits per heavy atom. The maximum atomic E-state index is 12.5. The number of nitrogens with zero attached hydrogens (tertiary/aromatic N) is 4. The summed E-state index contributed by atoms with van der Waals surface area (Å²) in [7, 11) is 0. The van der Waals surface area contributed by atoms with Crippen molar-refractivity contribution in [3.8, 4) is 0 Å². The number of nitrogens with one attached hydrogen (secondary N) is 1. The van der Waals surface area contributed by atoms with Crippen molar-refractivity contribution < 1.29 is 4.79 Å². The summed E-state index contributed by atoms with van der Waals surface area (Å²) >= 11 is 0. The van der Waals surface area contributed by atoms with Crippen molar-refractivity contribution in [2.75, 3.05) is 36.0 Å². The number of pyridine rings is 2. The fourth-order valence-corrected chi connectivity index (χ4v) is 3.35. The van der Waals surface area contributed by atoms with Crippen molar-refractivity contribution in [1.29, 1.82) is 0 Å². The summed E-state index contributed by atoms with van der Waals surface area (Å²) in [5.74, 6) is 0.757. The molecule has 1 aromatic carbocycles. The van der Waals surface area contributed by atoms with Gasteiger partial charge in [-0.3, -0.25) is 9.78 Å². The van der Waals surface area contributed by atoms with Gasteiger partial charge in [0.2, 0.25) is 0 Å². The lowest BCUT2D eigenvalue weighted by Gasteiger charge is -2.36. The second-order valence-corrected chi connectivity index (χ2v) is 6.75. The van der Waals surface area contributed by atoms with E-state index in [1.165, 1.54) is 5.69 Å². The Hall–Kier alpha value is -3.41. The van der Waals surface area contributed by atoms with E-state index in [4.69, 9.17) is 0 Å². The highest BCUT2D eigenvalue weighted by Crippen LogP contribution is 2.19. The molecule has 1 N–H and O–H groups in total. The molecule has 28 heavy (non-hydrogen) atoms. The fraction of sp³-hybridized carbons (Fsp3) is 0.227. The number of hydrogen-bond donors (Lipinski definition) is 1. The molecule has 6 nitrogen and oxygen atoms in total. The van der Waals surface area contributed by atoms with Gasteiger partial charge >= 0.3 is 0 Å². The summed E-state index contributed by atoms with van der Waals surface area (Å²) in [6.45, 7) is 4.11. The number of amides is 1. The monoisotopic (exact) mass is 373 g/mol. The minimum atomic E-state index is -0.0941. The lowest BCUT2D eigenvalue weighted by Crippen LogP contribution is -2.46. The Balaban J connectivity index is 1.37. The number of piperazine rings is 1. The van der Waals surface area contributed by atoms with Gasteiger partial charge in [-0.1, -0.05) is 18.2 Å². The lowest BCUT2D eigenvalue weighted by atomic mass is 10.2. The number of para-hydroxylation sites is 1. The topological polar surface area (TPSA) is 61.4 Å². The highest BCUT2D eigenvalue weighted by Gasteiger charge is 2.19. The van der Waals surface area contributed by atoms with Crippen molar-refractivity contribution in [2.45, 2.75) is 6.54 Å². The number of aromatic nitrogens is 2. The molecule has 0 atom stereocenters. The summed E-state index contributed by atoms with van der Waals surface area (Å²) in [5, 5.41) is 2.95. The Morgan fingerprint density at radius 2 is 1.61 bits per heavy atom. The zero-order chi connectivity index (χ0) is 19.2. The second-order valence-electron chi connectivity index (χ2n) is 6.75. The SMILES string of the molecule is O=C(NCc1ccncc1)c1ccnc(N2CCN(c3ccccc3)CC2)c1. The van der Waals surface area contributed by atoms with Crippen LogP contribution in [0.15, 0.2) is 73.2 Å². The van der Waals surface area contributed by atoms with E-state index in [2.05, 4.69) is 49.4 Å². The number of hydrogen-bond acceptors (Lipinski definition) is 5. The minimum Gasteiger partial charge on any atom is -0.368 e. The molecule has 1 aliphatic heterocycles. The van der Waals surface area contributed by atoms with Crippen LogP contribution in [0.4, 0.5) is 11.5 Å². The van der Waals surface area contributed by atoms with Gasteiger partial charge in [0.15, 0.2) is 0 Å².